The van der Waals surface area contributed by atoms with E-state index in [1.165, 1.54) is 7.11 Å². The SMILES string of the molecule is COC(=O)Cc1ccc(OCC(=O)N[C@@H](C)c2ccccc2)cc1. The lowest BCUT2D eigenvalue weighted by Gasteiger charge is -2.14. The summed E-state index contributed by atoms with van der Waals surface area (Å²) in [7, 11) is 1.36. The molecule has 24 heavy (non-hydrogen) atoms. The molecule has 2 rings (SSSR count). The van der Waals surface area contributed by atoms with E-state index in [-0.39, 0.29) is 30.9 Å². The van der Waals surface area contributed by atoms with Crippen LogP contribution < -0.4 is 10.1 Å². The molecule has 0 radical (unpaired) electrons. The van der Waals surface area contributed by atoms with E-state index in [9.17, 15) is 9.59 Å². The summed E-state index contributed by atoms with van der Waals surface area (Å²) in [5, 5.41) is 2.89. The standard InChI is InChI=1S/C19H21NO4/c1-14(16-6-4-3-5-7-16)20-18(21)13-24-17-10-8-15(9-11-17)12-19(22)23-2/h3-11,14H,12-13H2,1-2H3,(H,20,21)/t14-/m0/s1. The Morgan fingerprint density at radius 3 is 2.33 bits per heavy atom. The molecule has 0 bridgehead atoms. The van der Waals surface area contributed by atoms with Crippen molar-refractivity contribution in [2.75, 3.05) is 13.7 Å². The fraction of sp³-hybridized carbons (Fsp3) is 0.263. The summed E-state index contributed by atoms with van der Waals surface area (Å²) in [5.74, 6) is 0.0917. The maximum absolute atomic E-state index is 12.0. The first-order chi connectivity index (χ1) is 11.6. The fourth-order valence-corrected chi connectivity index (χ4v) is 2.20. The van der Waals surface area contributed by atoms with Gasteiger partial charge in [0.05, 0.1) is 19.6 Å². The summed E-state index contributed by atoms with van der Waals surface area (Å²) in [4.78, 5) is 23.1. The number of carbonyl (C=O) groups is 2. The first-order valence-electron chi connectivity index (χ1n) is 7.71. The highest BCUT2D eigenvalue weighted by molar-refractivity contribution is 5.78. The third-order valence-corrected chi connectivity index (χ3v) is 3.55. The molecule has 5 heteroatoms. The van der Waals surface area contributed by atoms with E-state index in [4.69, 9.17) is 4.74 Å². The molecule has 0 fully saturated rings. The van der Waals surface area contributed by atoms with Crippen LogP contribution in [0.3, 0.4) is 0 Å². The second kappa shape index (κ2) is 8.72. The third kappa shape index (κ3) is 5.43. The van der Waals surface area contributed by atoms with Gasteiger partial charge in [0.15, 0.2) is 6.61 Å². The van der Waals surface area contributed by atoms with Crippen molar-refractivity contribution in [2.45, 2.75) is 19.4 Å². The Morgan fingerprint density at radius 1 is 1.04 bits per heavy atom. The van der Waals surface area contributed by atoms with Crippen LogP contribution in [0.25, 0.3) is 0 Å². The van der Waals surface area contributed by atoms with Crippen molar-refractivity contribution in [3.05, 3.63) is 65.7 Å². The van der Waals surface area contributed by atoms with E-state index < -0.39 is 0 Å². The summed E-state index contributed by atoms with van der Waals surface area (Å²) in [6, 6.07) is 16.7. The molecule has 0 aromatic heterocycles. The molecular formula is C19H21NO4. The zero-order chi connectivity index (χ0) is 17.4. The van der Waals surface area contributed by atoms with Crippen LogP contribution in [0.4, 0.5) is 0 Å². The van der Waals surface area contributed by atoms with Gasteiger partial charge in [-0.2, -0.15) is 0 Å². The highest BCUT2D eigenvalue weighted by Crippen LogP contribution is 2.14. The van der Waals surface area contributed by atoms with Crippen LogP contribution in [0, 0.1) is 0 Å². The minimum Gasteiger partial charge on any atom is -0.484 e. The quantitative estimate of drug-likeness (QED) is 0.794. The zero-order valence-electron chi connectivity index (χ0n) is 13.8. The van der Waals surface area contributed by atoms with Gasteiger partial charge in [-0.1, -0.05) is 42.5 Å². The topological polar surface area (TPSA) is 64.6 Å². The van der Waals surface area contributed by atoms with Crippen molar-refractivity contribution in [3.63, 3.8) is 0 Å². The molecule has 2 aromatic rings. The van der Waals surface area contributed by atoms with Gasteiger partial charge in [0.1, 0.15) is 5.75 Å². The summed E-state index contributed by atoms with van der Waals surface area (Å²) in [5.41, 5.74) is 1.87. The molecule has 0 aliphatic carbocycles. The Balaban J connectivity index is 1.80. The second-order valence-electron chi connectivity index (χ2n) is 5.39. The van der Waals surface area contributed by atoms with E-state index in [0.29, 0.717) is 5.75 Å². The maximum Gasteiger partial charge on any atom is 0.309 e. The highest BCUT2D eigenvalue weighted by atomic mass is 16.5. The summed E-state index contributed by atoms with van der Waals surface area (Å²) in [6.07, 6.45) is 0.214. The Kier molecular flexibility index (Phi) is 6.37. The molecule has 0 spiro atoms. The van der Waals surface area contributed by atoms with Crippen molar-refractivity contribution in [2.24, 2.45) is 0 Å². The van der Waals surface area contributed by atoms with E-state index >= 15 is 0 Å². The Morgan fingerprint density at radius 2 is 1.71 bits per heavy atom. The van der Waals surface area contributed by atoms with Crippen LogP contribution >= 0.6 is 0 Å². The first-order valence-corrected chi connectivity index (χ1v) is 7.71. The molecule has 1 amide bonds. The number of nitrogens with one attached hydrogen (secondary N) is 1. The lowest BCUT2D eigenvalue weighted by atomic mass is 10.1. The molecule has 1 atom stereocenters. The van der Waals surface area contributed by atoms with Crippen molar-refractivity contribution < 1.29 is 19.1 Å². The summed E-state index contributed by atoms with van der Waals surface area (Å²) < 4.78 is 10.1. The van der Waals surface area contributed by atoms with Gasteiger partial charge in [0.25, 0.3) is 5.91 Å². The van der Waals surface area contributed by atoms with E-state index in [1.54, 1.807) is 24.3 Å². The van der Waals surface area contributed by atoms with Crippen LogP contribution in [-0.4, -0.2) is 25.6 Å². The number of benzene rings is 2. The number of amides is 1. The summed E-state index contributed by atoms with van der Waals surface area (Å²) >= 11 is 0. The number of carbonyl (C=O) groups excluding carboxylic acids is 2. The van der Waals surface area contributed by atoms with Crippen LogP contribution in [0.15, 0.2) is 54.6 Å². The number of rotatable bonds is 7. The number of hydrogen-bond acceptors (Lipinski definition) is 4. The minimum atomic E-state index is -0.294. The van der Waals surface area contributed by atoms with Gasteiger partial charge < -0.3 is 14.8 Å². The highest BCUT2D eigenvalue weighted by Gasteiger charge is 2.10. The van der Waals surface area contributed by atoms with Gasteiger partial charge in [0, 0.05) is 0 Å². The van der Waals surface area contributed by atoms with E-state index in [0.717, 1.165) is 11.1 Å². The largest absolute Gasteiger partial charge is 0.484 e. The maximum atomic E-state index is 12.0. The lowest BCUT2D eigenvalue weighted by molar-refractivity contribution is -0.139. The van der Waals surface area contributed by atoms with Gasteiger partial charge in [-0.15, -0.1) is 0 Å². The molecule has 0 aliphatic rings. The van der Waals surface area contributed by atoms with Gasteiger partial charge in [-0.3, -0.25) is 9.59 Å². The molecule has 0 saturated carbocycles. The van der Waals surface area contributed by atoms with Gasteiger partial charge >= 0.3 is 5.97 Å². The molecule has 2 aromatic carbocycles. The predicted octanol–water partition coefficient (Wildman–Crippen LogP) is 2.66. The lowest BCUT2D eigenvalue weighted by Crippen LogP contribution is -2.31. The molecule has 5 nitrogen and oxygen atoms in total. The molecule has 126 valence electrons. The molecule has 0 aliphatic heterocycles. The Hall–Kier alpha value is -2.82. The number of methoxy groups -OCH3 is 1. The predicted molar refractivity (Wildman–Crippen MR) is 90.7 cm³/mol. The minimum absolute atomic E-state index is 0.0620. The van der Waals surface area contributed by atoms with Crippen molar-refractivity contribution >= 4 is 11.9 Å². The van der Waals surface area contributed by atoms with Crippen LogP contribution in [0.5, 0.6) is 5.75 Å². The van der Waals surface area contributed by atoms with Crippen molar-refractivity contribution in [1.29, 1.82) is 0 Å². The Bertz CT molecular complexity index is 668. The average Bonchev–Trinajstić information content (AvgIpc) is 2.61. The third-order valence-electron chi connectivity index (χ3n) is 3.55. The molecule has 0 heterocycles. The number of hydrogen-bond donors (Lipinski definition) is 1. The Labute approximate surface area is 141 Å². The summed E-state index contributed by atoms with van der Waals surface area (Å²) in [6.45, 7) is 1.86. The van der Waals surface area contributed by atoms with Gasteiger partial charge in [-0.05, 0) is 30.2 Å². The van der Waals surface area contributed by atoms with Crippen LogP contribution in [0.2, 0.25) is 0 Å². The smallest absolute Gasteiger partial charge is 0.309 e. The van der Waals surface area contributed by atoms with Gasteiger partial charge in [-0.25, -0.2) is 0 Å². The van der Waals surface area contributed by atoms with E-state index in [2.05, 4.69) is 10.1 Å². The zero-order valence-corrected chi connectivity index (χ0v) is 13.8. The second-order valence-corrected chi connectivity index (χ2v) is 5.39. The monoisotopic (exact) mass is 327 g/mol. The van der Waals surface area contributed by atoms with Gasteiger partial charge in [0.2, 0.25) is 0 Å². The average molecular weight is 327 g/mol. The van der Waals surface area contributed by atoms with E-state index in [1.807, 2.05) is 37.3 Å². The molecule has 0 unspecified atom stereocenters. The van der Waals surface area contributed by atoms with Crippen LogP contribution in [0.1, 0.15) is 24.1 Å². The van der Waals surface area contributed by atoms with Crippen molar-refractivity contribution in [3.8, 4) is 5.75 Å². The first kappa shape index (κ1) is 17.5. The normalized spacial score (nSPS) is 11.4. The number of esters is 1. The van der Waals surface area contributed by atoms with Crippen LogP contribution in [-0.2, 0) is 20.7 Å². The molecular weight excluding hydrogens is 306 g/mol. The fourth-order valence-electron chi connectivity index (χ4n) is 2.20. The molecule has 1 N–H and O–H groups in total. The molecule has 0 saturated heterocycles. The number of ether oxygens (including phenoxy) is 2. The van der Waals surface area contributed by atoms with Crippen molar-refractivity contribution in [1.82, 2.24) is 5.32 Å².